The number of rotatable bonds is 22. The van der Waals surface area contributed by atoms with E-state index in [0.717, 1.165) is 40.2 Å². The van der Waals surface area contributed by atoms with Crippen LogP contribution >= 0.6 is 159 Å². The van der Waals surface area contributed by atoms with Crippen LogP contribution in [0.3, 0.4) is 0 Å². The number of nitrogens with one attached hydrogen (secondary N) is 4. The van der Waals surface area contributed by atoms with Crippen LogP contribution in [-0.4, -0.2) is 90.6 Å². The first-order chi connectivity index (χ1) is 64.4. The van der Waals surface area contributed by atoms with E-state index in [0.29, 0.717) is 170 Å². The Hall–Kier alpha value is -8.71. The molecule has 0 aliphatic carbocycles. The number of urea groups is 2. The summed E-state index contributed by atoms with van der Waals surface area (Å²) < 4.78 is 83.2. The number of carbonyl (C=O) groups excluding carboxylic acids is 2. The zero-order chi connectivity index (χ0) is 96.5. The third-order valence-electron chi connectivity index (χ3n) is 21.3. The number of benzene rings is 11. The Morgan fingerprint density at radius 1 is 0.452 bits per heavy atom. The number of alkyl halides is 1. The van der Waals surface area contributed by atoms with E-state index in [1.54, 1.807) is 126 Å². The van der Waals surface area contributed by atoms with Crippen LogP contribution in [-0.2, 0) is 11.8 Å². The van der Waals surface area contributed by atoms with E-state index >= 15 is 4.39 Å². The van der Waals surface area contributed by atoms with Gasteiger partial charge in [0.2, 0.25) is 0 Å². The molecule has 36 heteroatoms. The second kappa shape index (κ2) is 52.3. The van der Waals surface area contributed by atoms with Crippen molar-refractivity contribution >= 4 is 278 Å². The summed E-state index contributed by atoms with van der Waals surface area (Å²) in [6, 6.07) is 55.4. The molecule has 0 bridgehead atoms. The molecule has 10 N–H and O–H groups in total. The summed E-state index contributed by atoms with van der Waals surface area (Å²) in [5.74, 6) is -0.650. The van der Waals surface area contributed by atoms with E-state index in [-0.39, 0.29) is 53.6 Å². The fourth-order valence-corrected chi connectivity index (χ4v) is 36.5. The van der Waals surface area contributed by atoms with Crippen LogP contribution in [0, 0.1) is 49.9 Å². The van der Waals surface area contributed by atoms with Gasteiger partial charge < -0.3 is 32.1 Å². The minimum atomic E-state index is -2.39. The average Bonchev–Trinajstić information content (AvgIpc) is 1.74. The van der Waals surface area contributed by atoms with Crippen LogP contribution in [0.1, 0.15) is 107 Å². The molecule has 0 fully saturated rings. The van der Waals surface area contributed by atoms with Gasteiger partial charge in [0, 0.05) is 76.9 Å². The topological polar surface area (TPSA) is 252 Å². The zero-order valence-corrected chi connectivity index (χ0v) is 89.2. The first-order valence-electron chi connectivity index (χ1n) is 42.7. The Labute approximate surface area is 853 Å². The fourth-order valence-electron chi connectivity index (χ4n) is 14.7. The predicted octanol–water partition coefficient (Wildman–Crippen LogP) is 30.7. The second-order valence-electron chi connectivity index (χ2n) is 30.9. The van der Waals surface area contributed by atoms with Crippen molar-refractivity contribution in [1.82, 2.24) is 40.5 Å². The fraction of sp³-hybridized carbons (Fsp3) is 0.212. The number of halogens is 13. The summed E-state index contributed by atoms with van der Waals surface area (Å²) in [7, 11) is -1.43. The van der Waals surface area contributed by atoms with Gasteiger partial charge in [-0.25, -0.2) is 51.7 Å². The van der Waals surface area contributed by atoms with Crippen molar-refractivity contribution in [2.45, 2.75) is 119 Å². The van der Waals surface area contributed by atoms with Crippen molar-refractivity contribution in [3.05, 3.63) is 303 Å². The Kier molecular flexibility index (Phi) is 42.0. The maximum absolute atomic E-state index is 15.6. The minimum Gasteiger partial charge on any atom is -0.423 e. The first kappa shape index (κ1) is 108. The number of thiazole rings is 5. The van der Waals surface area contributed by atoms with Gasteiger partial charge in [-0.15, -0.1) is 46.4 Å². The van der Waals surface area contributed by atoms with Crippen LogP contribution in [0.25, 0.3) is 95.6 Å². The molecule has 11 aromatic carbocycles. The van der Waals surface area contributed by atoms with E-state index in [9.17, 15) is 27.2 Å². The third kappa shape index (κ3) is 29.0. The monoisotopic (exact) mass is 2270 g/mol. The van der Waals surface area contributed by atoms with Crippen LogP contribution < -0.4 is 41.8 Å². The Bertz CT molecular complexity index is 6890. The molecule has 16 nitrogen and oxygen atoms in total. The molecule has 0 saturated heterocycles. The molecule has 135 heavy (non-hydrogen) atoms. The van der Waals surface area contributed by atoms with Crippen molar-refractivity contribution < 1.29 is 41.6 Å². The largest absolute Gasteiger partial charge is 0.488 e. The van der Waals surface area contributed by atoms with E-state index in [1.165, 1.54) is 115 Å². The van der Waals surface area contributed by atoms with Crippen LogP contribution in [0.5, 0.6) is 0 Å². The molecule has 4 amide bonds. The van der Waals surface area contributed by atoms with Gasteiger partial charge in [0.1, 0.15) is 34.6 Å². The zero-order valence-electron chi connectivity index (χ0n) is 74.5. The molecular weight excluding hydrogens is 2180 g/mol. The summed E-state index contributed by atoms with van der Waals surface area (Å²) in [4.78, 5) is 49.1. The smallest absolute Gasteiger partial charge is 0.423 e. The number of hydrogen-bond donors (Lipinski definition) is 8. The van der Waals surface area contributed by atoms with Gasteiger partial charge in [-0.2, -0.15) is 0 Å². The van der Waals surface area contributed by atoms with Gasteiger partial charge >= 0.3 is 172 Å². The number of amides is 4. The number of fused-ring (bicyclic) bond motifs is 5. The van der Waals surface area contributed by atoms with Gasteiger partial charge in [-0.3, -0.25) is 0 Å². The van der Waals surface area contributed by atoms with Crippen molar-refractivity contribution in [3.63, 3.8) is 0 Å². The number of anilines is 4. The molecule has 0 atom stereocenters. The van der Waals surface area contributed by atoms with Gasteiger partial charge in [-0.1, -0.05) is 169 Å². The predicted molar refractivity (Wildman–Crippen MR) is 575 cm³/mol. The molecule has 0 aliphatic rings. The first-order valence-corrected chi connectivity index (χ1v) is 58.3. The maximum Gasteiger partial charge on any atom is 0.488 e. The number of carbonyl (C=O) groups is 2. The standard InChI is InChI=1S/C23H19ClFN3OS.C14H8BrClFNS.C14H10ClFN2S.C14H9ClFNS.C8H6BrFN2S.C8H10N3O.C6H6BClO2.3C4H9.ClH.Sn/c1-2-26-23(29)28-18-8-6-14(7-9-18)10-16-12-19-22(27-13-30-19)20(21(16)25)15-4-3-5-17(24)11-15;15-6-9-5-11-14(18-7-19-11)12(13(9)17)8-2-1-3-10(16)4-8;1-7-5-10-13(18-14(17)19-10)11(12(7)16)8-3-2-4-9(15)6-8;1-8-5-11-14(17-7-18-11)12(13(8)16)9-3-2-4-10(15)6-9;1-3-2-4-7(5(9)6(3)10)12-8(11)13-4;1-2-9-8(12)11-7-5-3-4-6-10-7;8-6-3-1-2-5(4-6)7(9)10;3*1-3-4-2;;/h3-9,11-13H,2,10H2,1H3,(H2,26,28,29);1-5,7H,6H2;2-6H,1H3,(H2,17,18);2-7H,1H3;2H,1H3,(H2,11,12);3,5-6H,2H2,1H3,(H2,9,10,11,12);1-4,9-10H;3*1,3-4H2,2H3;1H;. The Morgan fingerprint density at radius 3 is 1.24 bits per heavy atom. The number of aromatic nitrogens is 6. The van der Waals surface area contributed by atoms with Gasteiger partial charge in [0.05, 0.1) is 66.6 Å². The van der Waals surface area contributed by atoms with Crippen LogP contribution in [0.2, 0.25) is 38.4 Å². The number of nitrogen functional groups attached to an aromatic ring is 2. The summed E-state index contributed by atoms with van der Waals surface area (Å²) in [5, 5.41) is 32.5. The molecule has 0 radical (unpaired) electrons. The molecule has 6 aromatic heterocycles. The number of hydrogen-bond acceptors (Lipinski definition) is 17. The molecule has 704 valence electrons. The molecule has 0 saturated carbocycles. The van der Waals surface area contributed by atoms with Gasteiger partial charge in [0.25, 0.3) is 0 Å². The summed E-state index contributed by atoms with van der Waals surface area (Å²) in [5.41, 5.74) is 29.7. The minimum absolute atomic E-state index is 0. The molecule has 0 aliphatic heterocycles. The number of unbranched alkanes of at least 4 members (excludes halogenated alkanes) is 3. The van der Waals surface area contributed by atoms with Crippen molar-refractivity contribution in [2.24, 2.45) is 0 Å². The van der Waals surface area contributed by atoms with Crippen molar-refractivity contribution in [3.8, 4) is 44.5 Å². The number of nitrogens with two attached hydrogens (primary N) is 2. The van der Waals surface area contributed by atoms with Gasteiger partial charge in [-0.05, 0) is 202 Å². The van der Waals surface area contributed by atoms with E-state index in [1.807, 2.05) is 105 Å². The number of nitrogens with zero attached hydrogens (tertiary/aromatic N) is 6. The summed E-state index contributed by atoms with van der Waals surface area (Å²) in [6.07, 6.45) is 10.4. The Morgan fingerprint density at radius 2 is 0.837 bits per heavy atom. The normalized spacial score (nSPS) is 10.9. The van der Waals surface area contributed by atoms with E-state index < -0.39 is 25.5 Å². The maximum atomic E-state index is 15.6. The van der Waals surface area contributed by atoms with Crippen molar-refractivity contribution in [1.29, 1.82) is 0 Å². The average molecular weight is 2280 g/mol. The number of pyridine rings is 1. The molecule has 17 rings (SSSR count). The molecule has 0 spiro atoms. The van der Waals surface area contributed by atoms with Crippen LogP contribution in [0.4, 0.5) is 53.3 Å². The van der Waals surface area contributed by atoms with Crippen molar-refractivity contribution in [2.75, 3.05) is 35.2 Å². The van der Waals surface area contributed by atoms with Crippen LogP contribution in [0.15, 0.2) is 215 Å². The molecular formula is C99H96BBr2Cl6F5N12O4S5Sn. The summed E-state index contributed by atoms with van der Waals surface area (Å²) in [6.45, 7) is 17.1. The molecule has 0 unspecified atom stereocenters. The quantitative estimate of drug-likeness (QED) is 0.0179. The number of aryl methyl sites for hydroxylation is 3. The Balaban J connectivity index is 0.000000166. The SMILES string of the molecule is CCC[CH2][Sn]([CH2]CCC)([CH2]CCC)[c]1ccc(NC(=O)NCC)nc1.CCNC(=O)Nc1ccc(Cc2cc3scnc3c(-c3cccc(Cl)c3)c2F)cc1.Cc1cc2sc(N)nc2c(-c2cccc(Cl)c2)c1F.Cc1cc2sc(N)nc2c(Br)c1F.Cc1cc2scnc2c(-c2cccc(Cl)c2)c1F.Cl.Fc1c(CBr)cc2scnc2c1-c1cccc(Cl)c1.OB(O)c1cccc(Cl)c1. The molecule has 17 aromatic rings. The third-order valence-corrected chi connectivity index (χ3v) is 43.3. The molecule has 6 heterocycles. The van der Waals surface area contributed by atoms with E-state index in [4.69, 9.17) is 79.5 Å². The van der Waals surface area contributed by atoms with Gasteiger partial charge in [0.15, 0.2) is 10.3 Å². The summed E-state index contributed by atoms with van der Waals surface area (Å²) >= 11 is 41.0. The second-order valence-corrected chi connectivity index (χ2v) is 52.5. The van der Waals surface area contributed by atoms with E-state index in [2.05, 4.69) is 116 Å².